The van der Waals surface area contributed by atoms with Gasteiger partial charge in [0.15, 0.2) is 0 Å². The molecule has 3 aromatic rings. The predicted octanol–water partition coefficient (Wildman–Crippen LogP) is 5.45. The summed E-state index contributed by atoms with van der Waals surface area (Å²) < 4.78 is 12.7. The van der Waals surface area contributed by atoms with Crippen molar-refractivity contribution in [3.8, 4) is 11.5 Å². The minimum Gasteiger partial charge on any atom is -0.495 e. The van der Waals surface area contributed by atoms with Gasteiger partial charge in [0.1, 0.15) is 17.2 Å². The molecule has 0 spiro atoms. The number of carbonyl (C=O) groups is 1. The number of hydrogen-bond donors (Lipinski definition) is 1. The Kier molecular flexibility index (Phi) is 5.84. The summed E-state index contributed by atoms with van der Waals surface area (Å²) in [6.07, 6.45) is 0.954. The predicted molar refractivity (Wildman–Crippen MR) is 114 cm³/mol. The molecule has 1 aromatic heterocycles. The number of aromatic nitrogens is 1. The number of nitrogens with zero attached hydrogens (tertiary/aromatic N) is 1. The molecule has 0 atom stereocenters. The van der Waals surface area contributed by atoms with Gasteiger partial charge < -0.3 is 19.4 Å². The van der Waals surface area contributed by atoms with Gasteiger partial charge in [-0.25, -0.2) is 0 Å². The lowest BCUT2D eigenvalue weighted by molar-refractivity contribution is 0.101. The summed E-state index contributed by atoms with van der Waals surface area (Å²) in [5, 5.41) is 4.48. The molecule has 1 N–H and O–H groups in total. The number of ether oxygens (including phenoxy) is 2. The van der Waals surface area contributed by atoms with Gasteiger partial charge in [-0.15, -0.1) is 0 Å². The molecule has 28 heavy (non-hydrogen) atoms. The number of halogens is 1. The smallest absolute Gasteiger partial charge is 0.272 e. The van der Waals surface area contributed by atoms with Crippen LogP contribution in [0.2, 0.25) is 5.02 Å². The van der Waals surface area contributed by atoms with Gasteiger partial charge in [0.05, 0.1) is 24.9 Å². The number of nitrogens with one attached hydrogen (secondary N) is 1. The highest BCUT2D eigenvalue weighted by molar-refractivity contribution is 6.32. The van der Waals surface area contributed by atoms with Crippen LogP contribution in [0.5, 0.6) is 11.5 Å². The molecule has 0 saturated heterocycles. The lowest BCUT2D eigenvalue weighted by Gasteiger charge is -2.14. The largest absolute Gasteiger partial charge is 0.495 e. The number of fused-ring (bicyclic) bond motifs is 1. The van der Waals surface area contributed by atoms with E-state index in [1.54, 1.807) is 12.1 Å². The standard InChI is InChI=1S/C22H25ClN2O3/c1-6-14-8-9-18-15(10-14)13(3)21(25(18)7-2)22(26)24-17-12-19(27-4)16(23)11-20(17)28-5/h8-12H,6-7H2,1-5H3,(H,24,26). The van der Waals surface area contributed by atoms with E-state index >= 15 is 0 Å². The Morgan fingerprint density at radius 1 is 1.11 bits per heavy atom. The van der Waals surface area contributed by atoms with Crippen molar-refractivity contribution < 1.29 is 14.3 Å². The normalized spacial score (nSPS) is 10.9. The molecule has 0 saturated carbocycles. The zero-order valence-corrected chi connectivity index (χ0v) is 17.6. The summed E-state index contributed by atoms with van der Waals surface area (Å²) in [7, 11) is 3.07. The molecular weight excluding hydrogens is 376 g/mol. The van der Waals surface area contributed by atoms with Gasteiger partial charge in [0, 0.05) is 29.6 Å². The molecular formula is C22H25ClN2O3. The van der Waals surface area contributed by atoms with Gasteiger partial charge in [-0.2, -0.15) is 0 Å². The molecule has 0 aliphatic rings. The van der Waals surface area contributed by atoms with Crippen molar-refractivity contribution in [2.45, 2.75) is 33.7 Å². The molecule has 0 aliphatic carbocycles. The van der Waals surface area contributed by atoms with E-state index in [2.05, 4.69) is 30.4 Å². The molecule has 0 unspecified atom stereocenters. The van der Waals surface area contributed by atoms with Crippen LogP contribution in [0.25, 0.3) is 10.9 Å². The lowest BCUT2D eigenvalue weighted by atomic mass is 10.1. The van der Waals surface area contributed by atoms with Crippen molar-refractivity contribution in [2.75, 3.05) is 19.5 Å². The van der Waals surface area contributed by atoms with E-state index in [-0.39, 0.29) is 5.91 Å². The Morgan fingerprint density at radius 2 is 1.82 bits per heavy atom. The molecule has 1 amide bonds. The number of amides is 1. The number of methoxy groups -OCH3 is 2. The van der Waals surface area contributed by atoms with Crippen molar-refractivity contribution in [1.29, 1.82) is 0 Å². The van der Waals surface area contributed by atoms with Crippen molar-refractivity contribution in [3.63, 3.8) is 0 Å². The van der Waals surface area contributed by atoms with E-state index in [9.17, 15) is 4.79 Å². The van der Waals surface area contributed by atoms with Crippen LogP contribution in [-0.2, 0) is 13.0 Å². The SMILES string of the molecule is CCc1ccc2c(c1)c(C)c(C(=O)Nc1cc(OC)c(Cl)cc1OC)n2CC. The summed E-state index contributed by atoms with van der Waals surface area (Å²) in [5.41, 5.74) is 4.42. The Morgan fingerprint density at radius 3 is 2.43 bits per heavy atom. The van der Waals surface area contributed by atoms with Crippen molar-refractivity contribution in [2.24, 2.45) is 0 Å². The summed E-state index contributed by atoms with van der Waals surface area (Å²) in [4.78, 5) is 13.2. The van der Waals surface area contributed by atoms with E-state index in [1.165, 1.54) is 19.8 Å². The third-order valence-electron chi connectivity index (χ3n) is 5.04. The monoisotopic (exact) mass is 400 g/mol. The number of rotatable bonds is 6. The Hall–Kier alpha value is -2.66. The molecule has 6 heteroatoms. The van der Waals surface area contributed by atoms with E-state index in [1.807, 2.05) is 18.4 Å². The average molecular weight is 401 g/mol. The molecule has 1 heterocycles. The number of carbonyl (C=O) groups excluding carboxylic acids is 1. The van der Waals surface area contributed by atoms with Crippen LogP contribution in [0, 0.1) is 6.92 Å². The summed E-state index contributed by atoms with van der Waals surface area (Å²) in [5.74, 6) is 0.749. The van der Waals surface area contributed by atoms with Gasteiger partial charge in [-0.1, -0.05) is 24.6 Å². The Labute approximate surface area is 170 Å². The maximum Gasteiger partial charge on any atom is 0.272 e. The second-order valence-corrected chi connectivity index (χ2v) is 6.97. The van der Waals surface area contributed by atoms with E-state index in [4.69, 9.17) is 21.1 Å². The highest BCUT2D eigenvalue weighted by atomic mass is 35.5. The third-order valence-corrected chi connectivity index (χ3v) is 5.34. The Bertz CT molecular complexity index is 1040. The quantitative estimate of drug-likeness (QED) is 0.598. The molecule has 0 fully saturated rings. The fraction of sp³-hybridized carbons (Fsp3) is 0.318. The number of anilines is 1. The number of hydrogen-bond acceptors (Lipinski definition) is 3. The van der Waals surface area contributed by atoms with E-state index < -0.39 is 0 Å². The summed E-state index contributed by atoms with van der Waals surface area (Å²) in [6, 6.07) is 9.67. The fourth-order valence-corrected chi connectivity index (χ4v) is 3.78. The minimum absolute atomic E-state index is 0.198. The first-order valence-electron chi connectivity index (χ1n) is 9.29. The van der Waals surface area contributed by atoms with Crippen molar-refractivity contribution >= 4 is 34.1 Å². The molecule has 0 bridgehead atoms. The van der Waals surface area contributed by atoms with Crippen LogP contribution < -0.4 is 14.8 Å². The van der Waals surface area contributed by atoms with Crippen molar-refractivity contribution in [3.05, 3.63) is 52.2 Å². The minimum atomic E-state index is -0.198. The summed E-state index contributed by atoms with van der Waals surface area (Å²) >= 11 is 6.17. The first-order chi connectivity index (χ1) is 13.4. The number of benzene rings is 2. The molecule has 0 aliphatic heterocycles. The van der Waals surface area contributed by atoms with Crippen molar-refractivity contribution in [1.82, 2.24) is 4.57 Å². The lowest BCUT2D eigenvalue weighted by Crippen LogP contribution is -2.18. The van der Waals surface area contributed by atoms with Gasteiger partial charge >= 0.3 is 0 Å². The molecule has 2 aromatic carbocycles. The molecule has 3 rings (SSSR count). The maximum atomic E-state index is 13.2. The Balaban J connectivity index is 2.08. The zero-order chi connectivity index (χ0) is 20.4. The first-order valence-corrected chi connectivity index (χ1v) is 9.67. The van der Waals surface area contributed by atoms with Gasteiger partial charge in [0.25, 0.3) is 5.91 Å². The second kappa shape index (κ2) is 8.15. The highest BCUT2D eigenvalue weighted by Gasteiger charge is 2.21. The van der Waals surface area contributed by atoms with Gasteiger partial charge in [0.2, 0.25) is 0 Å². The molecule has 148 valence electrons. The maximum absolute atomic E-state index is 13.2. The third kappa shape index (κ3) is 3.42. The number of aryl methyl sites for hydroxylation is 3. The topological polar surface area (TPSA) is 52.5 Å². The van der Waals surface area contributed by atoms with E-state index in [0.717, 1.165) is 22.9 Å². The highest BCUT2D eigenvalue weighted by Crippen LogP contribution is 2.36. The van der Waals surface area contributed by atoms with Gasteiger partial charge in [-0.05, 0) is 43.5 Å². The first kappa shape index (κ1) is 20.1. The van der Waals surface area contributed by atoms with Crippen LogP contribution >= 0.6 is 11.6 Å². The van der Waals surface area contributed by atoms with Crippen LogP contribution in [0.15, 0.2) is 30.3 Å². The average Bonchev–Trinajstić information content (AvgIpc) is 2.99. The van der Waals surface area contributed by atoms with Gasteiger partial charge in [-0.3, -0.25) is 4.79 Å². The fourth-order valence-electron chi connectivity index (χ4n) is 3.55. The second-order valence-electron chi connectivity index (χ2n) is 6.56. The van der Waals surface area contributed by atoms with Crippen LogP contribution in [0.4, 0.5) is 5.69 Å². The van der Waals surface area contributed by atoms with Crippen LogP contribution in [0.1, 0.15) is 35.5 Å². The summed E-state index contributed by atoms with van der Waals surface area (Å²) in [6.45, 7) is 6.85. The van der Waals surface area contributed by atoms with E-state index in [0.29, 0.717) is 34.4 Å². The molecule has 5 nitrogen and oxygen atoms in total. The zero-order valence-electron chi connectivity index (χ0n) is 16.9. The van der Waals surface area contributed by atoms with Crippen LogP contribution in [0.3, 0.4) is 0 Å². The molecule has 0 radical (unpaired) electrons. The van der Waals surface area contributed by atoms with Crippen LogP contribution in [-0.4, -0.2) is 24.7 Å².